The number of nitrogens with one attached hydrogen (secondary N) is 2. The zero-order valence-electron chi connectivity index (χ0n) is 19.0. The molecule has 2 aromatic carbocycles. The van der Waals surface area contributed by atoms with Crippen molar-refractivity contribution in [3.8, 4) is 5.75 Å². The number of hydrogen-bond donors (Lipinski definition) is 3. The molecule has 0 radical (unpaired) electrons. The molecule has 1 atom stereocenters. The zero-order valence-corrected chi connectivity index (χ0v) is 19.8. The number of likely N-dealkylation sites (tertiary alicyclic amines) is 1. The van der Waals surface area contributed by atoms with Crippen LogP contribution in [0.5, 0.6) is 5.75 Å². The normalized spacial score (nSPS) is 14.9. The third kappa shape index (κ3) is 6.28. The van der Waals surface area contributed by atoms with Crippen LogP contribution in [0.4, 0.5) is 5.69 Å². The predicted octanol–water partition coefficient (Wildman–Crippen LogP) is 2.74. The van der Waals surface area contributed by atoms with Gasteiger partial charge in [0.25, 0.3) is 5.91 Å². The minimum absolute atomic E-state index is 0.0726. The van der Waals surface area contributed by atoms with Gasteiger partial charge in [-0.1, -0.05) is 12.1 Å². The van der Waals surface area contributed by atoms with E-state index in [1.807, 2.05) is 17.0 Å². The van der Waals surface area contributed by atoms with Crippen LogP contribution in [-0.2, 0) is 10.0 Å². The minimum atomic E-state index is -3.38. The fourth-order valence-corrected chi connectivity index (χ4v) is 4.46. The van der Waals surface area contributed by atoms with Crippen molar-refractivity contribution in [2.45, 2.75) is 18.9 Å². The van der Waals surface area contributed by atoms with E-state index in [-0.39, 0.29) is 12.5 Å². The van der Waals surface area contributed by atoms with Crippen molar-refractivity contribution < 1.29 is 27.5 Å². The summed E-state index contributed by atoms with van der Waals surface area (Å²) in [6.45, 7) is 2.69. The van der Waals surface area contributed by atoms with Crippen LogP contribution in [0.1, 0.15) is 35.1 Å². The molecule has 0 spiro atoms. The standard InChI is InChI=1S/C24H29N3O6S/c1-34(30,31)26-19-6-4-5-17(13-19)21(28)16-25-9-12-32-20-8-7-18-14-23(33-22(18)15-20)24(29)27-10-2-3-11-27/h4-8,13-15,21,25-26,28H,2-3,9-12,16H2,1H3. The van der Waals surface area contributed by atoms with Gasteiger partial charge in [0.15, 0.2) is 5.76 Å². The van der Waals surface area contributed by atoms with Gasteiger partial charge in [0.1, 0.15) is 17.9 Å². The van der Waals surface area contributed by atoms with Crippen molar-refractivity contribution in [3.05, 3.63) is 59.9 Å². The van der Waals surface area contributed by atoms with Gasteiger partial charge in [0.2, 0.25) is 10.0 Å². The number of aliphatic hydroxyl groups excluding tert-OH is 1. The number of anilines is 1. The summed E-state index contributed by atoms with van der Waals surface area (Å²) in [5.41, 5.74) is 1.61. The van der Waals surface area contributed by atoms with E-state index in [1.54, 1.807) is 36.4 Å². The lowest BCUT2D eigenvalue weighted by molar-refractivity contribution is 0.0763. The fraction of sp³-hybridized carbons (Fsp3) is 0.375. The monoisotopic (exact) mass is 487 g/mol. The Bertz CT molecular complexity index is 1250. The molecule has 1 unspecified atom stereocenters. The number of aliphatic hydroxyl groups is 1. The maximum atomic E-state index is 12.5. The molecule has 1 aliphatic heterocycles. The molecular weight excluding hydrogens is 458 g/mol. The number of fused-ring (bicyclic) bond motifs is 1. The Kier molecular flexibility index (Phi) is 7.40. The lowest BCUT2D eigenvalue weighted by atomic mass is 10.1. The number of amides is 1. The Morgan fingerprint density at radius 2 is 1.97 bits per heavy atom. The first-order chi connectivity index (χ1) is 16.3. The molecule has 1 aromatic heterocycles. The molecular formula is C24H29N3O6S. The molecule has 1 saturated heterocycles. The van der Waals surface area contributed by atoms with Crippen molar-refractivity contribution in [2.24, 2.45) is 0 Å². The van der Waals surface area contributed by atoms with Crippen LogP contribution in [-0.4, -0.2) is 63.4 Å². The van der Waals surface area contributed by atoms with E-state index in [9.17, 15) is 18.3 Å². The number of hydrogen-bond acceptors (Lipinski definition) is 7. The van der Waals surface area contributed by atoms with E-state index in [0.29, 0.717) is 41.5 Å². The van der Waals surface area contributed by atoms with E-state index in [0.717, 1.165) is 37.6 Å². The topological polar surface area (TPSA) is 121 Å². The van der Waals surface area contributed by atoms with E-state index >= 15 is 0 Å². The van der Waals surface area contributed by atoms with Crippen molar-refractivity contribution >= 4 is 32.6 Å². The van der Waals surface area contributed by atoms with Gasteiger partial charge in [-0.25, -0.2) is 8.42 Å². The molecule has 0 saturated carbocycles. The van der Waals surface area contributed by atoms with Crippen LogP contribution in [0.2, 0.25) is 0 Å². The number of benzene rings is 2. The van der Waals surface area contributed by atoms with Crippen LogP contribution < -0.4 is 14.8 Å². The molecule has 34 heavy (non-hydrogen) atoms. The first-order valence-electron chi connectivity index (χ1n) is 11.2. The van der Waals surface area contributed by atoms with Crippen molar-refractivity contribution in [1.29, 1.82) is 0 Å². The summed E-state index contributed by atoms with van der Waals surface area (Å²) < 4.78 is 36.7. The Hall–Kier alpha value is -3.08. The smallest absolute Gasteiger partial charge is 0.289 e. The van der Waals surface area contributed by atoms with Crippen LogP contribution in [0.25, 0.3) is 11.0 Å². The number of carbonyl (C=O) groups excluding carboxylic acids is 1. The van der Waals surface area contributed by atoms with Gasteiger partial charge in [-0.05, 0) is 48.7 Å². The molecule has 2 heterocycles. The highest BCUT2D eigenvalue weighted by molar-refractivity contribution is 7.92. The quantitative estimate of drug-likeness (QED) is 0.376. The molecule has 9 nitrogen and oxygen atoms in total. The number of rotatable bonds is 10. The van der Waals surface area contributed by atoms with Gasteiger partial charge >= 0.3 is 0 Å². The van der Waals surface area contributed by atoms with Gasteiger partial charge in [0.05, 0.1) is 12.4 Å². The number of furan rings is 1. The lowest BCUT2D eigenvalue weighted by Crippen LogP contribution is -2.27. The number of carbonyl (C=O) groups is 1. The molecule has 1 amide bonds. The number of nitrogens with zero attached hydrogens (tertiary/aromatic N) is 1. The maximum Gasteiger partial charge on any atom is 0.289 e. The summed E-state index contributed by atoms with van der Waals surface area (Å²) in [5, 5.41) is 14.4. The minimum Gasteiger partial charge on any atom is -0.492 e. The lowest BCUT2D eigenvalue weighted by Gasteiger charge is -2.14. The SMILES string of the molecule is CS(=O)(=O)Nc1cccc(C(O)CNCCOc2ccc3cc(C(=O)N4CCCC4)oc3c2)c1. The van der Waals surface area contributed by atoms with Gasteiger partial charge in [-0.3, -0.25) is 9.52 Å². The Labute approximate surface area is 198 Å². The summed E-state index contributed by atoms with van der Waals surface area (Å²) in [6.07, 6.45) is 2.34. The first-order valence-corrected chi connectivity index (χ1v) is 13.1. The predicted molar refractivity (Wildman–Crippen MR) is 130 cm³/mol. The summed E-state index contributed by atoms with van der Waals surface area (Å²) in [6, 6.07) is 13.9. The Morgan fingerprint density at radius 3 is 2.74 bits per heavy atom. The highest BCUT2D eigenvalue weighted by Gasteiger charge is 2.22. The van der Waals surface area contributed by atoms with Gasteiger partial charge < -0.3 is 24.5 Å². The van der Waals surface area contributed by atoms with Crippen LogP contribution in [0.3, 0.4) is 0 Å². The Morgan fingerprint density at radius 1 is 1.18 bits per heavy atom. The molecule has 1 fully saturated rings. The molecule has 4 rings (SSSR count). The fourth-order valence-electron chi connectivity index (χ4n) is 3.90. The van der Waals surface area contributed by atoms with Crippen LogP contribution >= 0.6 is 0 Å². The van der Waals surface area contributed by atoms with Gasteiger partial charge in [-0.2, -0.15) is 0 Å². The van der Waals surface area contributed by atoms with Crippen molar-refractivity contribution in [3.63, 3.8) is 0 Å². The van der Waals surface area contributed by atoms with Crippen LogP contribution in [0, 0.1) is 0 Å². The highest BCUT2D eigenvalue weighted by atomic mass is 32.2. The third-order valence-corrected chi connectivity index (χ3v) is 6.16. The molecule has 182 valence electrons. The van der Waals surface area contributed by atoms with E-state index in [2.05, 4.69) is 10.0 Å². The van der Waals surface area contributed by atoms with E-state index < -0.39 is 16.1 Å². The zero-order chi connectivity index (χ0) is 24.1. The van der Waals surface area contributed by atoms with Crippen molar-refractivity contribution in [1.82, 2.24) is 10.2 Å². The van der Waals surface area contributed by atoms with E-state index in [4.69, 9.17) is 9.15 Å². The second-order valence-corrected chi connectivity index (χ2v) is 10.1. The first kappa shape index (κ1) is 24.1. The molecule has 0 bridgehead atoms. The van der Waals surface area contributed by atoms with Gasteiger partial charge in [-0.15, -0.1) is 0 Å². The van der Waals surface area contributed by atoms with Gasteiger partial charge in [0, 0.05) is 43.3 Å². The summed E-state index contributed by atoms with van der Waals surface area (Å²) in [5.74, 6) is 0.904. The molecule has 1 aliphatic rings. The Balaban J connectivity index is 1.25. The molecule has 0 aliphatic carbocycles. The molecule has 10 heteroatoms. The summed E-state index contributed by atoms with van der Waals surface area (Å²) >= 11 is 0. The second-order valence-electron chi connectivity index (χ2n) is 8.38. The summed E-state index contributed by atoms with van der Waals surface area (Å²) in [7, 11) is -3.38. The second kappa shape index (κ2) is 10.5. The third-order valence-electron chi connectivity index (χ3n) is 5.56. The average Bonchev–Trinajstić information content (AvgIpc) is 3.47. The largest absolute Gasteiger partial charge is 0.492 e. The molecule has 3 aromatic rings. The maximum absolute atomic E-state index is 12.5. The molecule has 3 N–H and O–H groups in total. The number of sulfonamides is 1. The van der Waals surface area contributed by atoms with Crippen LogP contribution in [0.15, 0.2) is 52.9 Å². The summed E-state index contributed by atoms with van der Waals surface area (Å²) in [4.78, 5) is 14.3. The van der Waals surface area contributed by atoms with E-state index in [1.165, 1.54) is 0 Å². The van der Waals surface area contributed by atoms with Crippen molar-refractivity contribution in [2.75, 3.05) is 43.8 Å². The highest BCUT2D eigenvalue weighted by Crippen LogP contribution is 2.26. The average molecular weight is 488 g/mol. The number of ether oxygens (including phenoxy) is 1.